The van der Waals surface area contributed by atoms with Gasteiger partial charge in [0.2, 0.25) is 0 Å². The summed E-state index contributed by atoms with van der Waals surface area (Å²) >= 11 is 0.932. The maximum absolute atomic E-state index is 12.5. The number of esters is 2. The second-order valence-corrected chi connectivity index (χ2v) is 6.35. The molecule has 0 fully saturated rings. The van der Waals surface area contributed by atoms with E-state index in [1.807, 2.05) is 0 Å². The molecule has 1 aromatic carbocycles. The summed E-state index contributed by atoms with van der Waals surface area (Å²) < 4.78 is 9.44. The van der Waals surface area contributed by atoms with Crippen molar-refractivity contribution >= 4 is 40.0 Å². The molecule has 136 valence electrons. The van der Waals surface area contributed by atoms with E-state index in [0.717, 1.165) is 11.3 Å². The summed E-state index contributed by atoms with van der Waals surface area (Å²) in [5, 5.41) is 2.81. The molecule has 7 nitrogen and oxygen atoms in total. The summed E-state index contributed by atoms with van der Waals surface area (Å²) in [5.74, 6) is -1.87. The Morgan fingerprint density at radius 1 is 0.923 bits per heavy atom. The lowest BCUT2D eigenvalue weighted by atomic mass is 10.1. The number of rotatable bonds is 5. The molecule has 2 rings (SSSR count). The molecule has 0 aliphatic carbocycles. The number of carbonyl (C=O) groups excluding carboxylic acids is 4. The van der Waals surface area contributed by atoms with E-state index in [2.05, 4.69) is 5.32 Å². The van der Waals surface area contributed by atoms with Gasteiger partial charge in [-0.05, 0) is 31.5 Å². The Morgan fingerprint density at radius 2 is 1.46 bits per heavy atom. The van der Waals surface area contributed by atoms with Crippen molar-refractivity contribution in [1.82, 2.24) is 0 Å². The van der Waals surface area contributed by atoms with Crippen LogP contribution >= 0.6 is 11.3 Å². The topological polar surface area (TPSA) is 98.8 Å². The highest BCUT2D eigenvalue weighted by atomic mass is 32.1. The maximum atomic E-state index is 12.5. The van der Waals surface area contributed by atoms with Crippen LogP contribution in [-0.2, 0) is 9.47 Å². The molecular formula is C18H17NO6S. The van der Waals surface area contributed by atoms with Gasteiger partial charge in [-0.25, -0.2) is 9.59 Å². The first-order valence-corrected chi connectivity index (χ1v) is 8.34. The highest BCUT2D eigenvalue weighted by molar-refractivity contribution is 7.18. The smallest absolute Gasteiger partial charge is 0.348 e. The van der Waals surface area contributed by atoms with Crippen molar-refractivity contribution in [2.45, 2.75) is 13.8 Å². The van der Waals surface area contributed by atoms with Crippen LogP contribution in [0.4, 0.5) is 5.00 Å². The quantitative estimate of drug-likeness (QED) is 0.637. The van der Waals surface area contributed by atoms with E-state index in [4.69, 9.17) is 9.47 Å². The zero-order valence-electron chi connectivity index (χ0n) is 14.7. The number of ketones is 1. The average Bonchev–Trinajstić information content (AvgIpc) is 2.96. The maximum Gasteiger partial charge on any atom is 0.348 e. The first-order valence-electron chi connectivity index (χ1n) is 7.52. The SMILES string of the molecule is COC(=O)c1sc(NC(=O)c2ccc(C(C)=O)cc2)c(C(=O)OC)c1C. The third-order valence-electron chi connectivity index (χ3n) is 3.69. The standard InChI is InChI=1S/C18H17NO6S/c1-9-13(17(22)24-3)16(26-14(9)18(23)25-4)19-15(21)12-7-5-11(6-8-12)10(2)20/h5-8H,1-4H3,(H,19,21). The predicted octanol–water partition coefficient (Wildman–Crippen LogP) is 3.08. The number of nitrogens with one attached hydrogen (secondary N) is 1. The molecule has 0 unspecified atom stereocenters. The van der Waals surface area contributed by atoms with E-state index < -0.39 is 17.8 Å². The number of hydrogen-bond donors (Lipinski definition) is 1. The Kier molecular flexibility index (Phi) is 5.89. The van der Waals surface area contributed by atoms with Gasteiger partial charge in [0.1, 0.15) is 9.88 Å². The summed E-state index contributed by atoms with van der Waals surface area (Å²) in [6.45, 7) is 3.01. The Balaban J connectivity index is 2.38. The summed E-state index contributed by atoms with van der Waals surface area (Å²) in [6.07, 6.45) is 0. The van der Waals surface area contributed by atoms with E-state index in [0.29, 0.717) is 16.7 Å². The number of thiophene rings is 1. The van der Waals surface area contributed by atoms with Crippen LogP contribution in [0.2, 0.25) is 0 Å². The Hall–Kier alpha value is -3.00. The molecular weight excluding hydrogens is 358 g/mol. The molecule has 0 atom stereocenters. The minimum absolute atomic E-state index is 0.103. The van der Waals surface area contributed by atoms with Gasteiger partial charge in [-0.2, -0.15) is 0 Å². The van der Waals surface area contributed by atoms with Gasteiger partial charge in [-0.1, -0.05) is 12.1 Å². The molecule has 1 heterocycles. The third-order valence-corrected chi connectivity index (χ3v) is 4.88. The van der Waals surface area contributed by atoms with E-state index in [-0.39, 0.29) is 21.2 Å². The lowest BCUT2D eigenvalue weighted by Crippen LogP contribution is -2.14. The molecule has 26 heavy (non-hydrogen) atoms. The molecule has 0 saturated heterocycles. The Morgan fingerprint density at radius 3 is 1.96 bits per heavy atom. The van der Waals surface area contributed by atoms with Gasteiger partial charge in [0.25, 0.3) is 5.91 Å². The summed E-state index contributed by atoms with van der Waals surface area (Å²) in [5.41, 5.74) is 1.26. The van der Waals surface area contributed by atoms with Crippen LogP contribution in [-0.4, -0.2) is 37.8 Å². The van der Waals surface area contributed by atoms with E-state index in [1.165, 1.54) is 45.4 Å². The van der Waals surface area contributed by atoms with Crippen LogP contribution in [0.3, 0.4) is 0 Å². The molecule has 0 aliphatic heterocycles. The van der Waals surface area contributed by atoms with Crippen molar-refractivity contribution < 1.29 is 28.7 Å². The average molecular weight is 375 g/mol. The molecule has 1 aromatic heterocycles. The highest BCUT2D eigenvalue weighted by Gasteiger charge is 2.27. The van der Waals surface area contributed by atoms with Gasteiger partial charge >= 0.3 is 11.9 Å². The summed E-state index contributed by atoms with van der Waals surface area (Å²) in [4.78, 5) is 47.9. The van der Waals surface area contributed by atoms with Gasteiger partial charge in [0.05, 0.1) is 19.8 Å². The summed E-state index contributed by atoms with van der Waals surface area (Å²) in [6, 6.07) is 6.09. The minimum Gasteiger partial charge on any atom is -0.465 e. The lowest BCUT2D eigenvalue weighted by molar-refractivity contribution is 0.0601. The summed E-state index contributed by atoms with van der Waals surface area (Å²) in [7, 11) is 2.44. The number of Topliss-reactive ketones (excluding diaryl/α,β-unsaturated/α-hetero) is 1. The largest absolute Gasteiger partial charge is 0.465 e. The molecule has 2 aromatic rings. The van der Waals surface area contributed by atoms with Crippen LogP contribution in [0.1, 0.15) is 53.2 Å². The van der Waals surface area contributed by atoms with Crippen LogP contribution in [0.25, 0.3) is 0 Å². The zero-order chi connectivity index (χ0) is 19.4. The molecule has 0 radical (unpaired) electrons. The number of carbonyl (C=O) groups is 4. The molecule has 0 spiro atoms. The van der Waals surface area contributed by atoms with Crippen LogP contribution < -0.4 is 5.32 Å². The van der Waals surface area contributed by atoms with Crippen molar-refractivity contribution in [3.05, 3.63) is 51.4 Å². The van der Waals surface area contributed by atoms with Crippen molar-refractivity contribution in [2.24, 2.45) is 0 Å². The fraction of sp³-hybridized carbons (Fsp3) is 0.222. The van der Waals surface area contributed by atoms with Gasteiger partial charge in [0.15, 0.2) is 5.78 Å². The molecule has 0 aliphatic rings. The zero-order valence-corrected chi connectivity index (χ0v) is 15.5. The van der Waals surface area contributed by atoms with Crippen molar-refractivity contribution in [3.63, 3.8) is 0 Å². The predicted molar refractivity (Wildman–Crippen MR) is 96.1 cm³/mol. The molecule has 1 N–H and O–H groups in total. The Labute approximate surface area is 153 Å². The fourth-order valence-corrected chi connectivity index (χ4v) is 3.38. The van der Waals surface area contributed by atoms with E-state index in [1.54, 1.807) is 6.92 Å². The first kappa shape index (κ1) is 19.3. The number of methoxy groups -OCH3 is 2. The highest BCUT2D eigenvalue weighted by Crippen LogP contribution is 2.34. The third kappa shape index (κ3) is 3.80. The minimum atomic E-state index is -0.670. The number of benzene rings is 1. The van der Waals surface area contributed by atoms with Crippen molar-refractivity contribution in [3.8, 4) is 0 Å². The number of ether oxygens (including phenoxy) is 2. The van der Waals surface area contributed by atoms with Crippen LogP contribution in [0.15, 0.2) is 24.3 Å². The van der Waals surface area contributed by atoms with Crippen LogP contribution in [0.5, 0.6) is 0 Å². The van der Waals surface area contributed by atoms with E-state index >= 15 is 0 Å². The molecule has 0 bridgehead atoms. The van der Waals surface area contributed by atoms with E-state index in [9.17, 15) is 19.2 Å². The van der Waals surface area contributed by atoms with Gasteiger partial charge < -0.3 is 14.8 Å². The monoisotopic (exact) mass is 375 g/mol. The van der Waals surface area contributed by atoms with Crippen molar-refractivity contribution in [2.75, 3.05) is 19.5 Å². The first-order chi connectivity index (χ1) is 12.3. The van der Waals surface area contributed by atoms with Gasteiger partial charge in [-0.3, -0.25) is 9.59 Å². The second-order valence-electron chi connectivity index (χ2n) is 5.33. The molecule has 0 saturated carbocycles. The number of anilines is 1. The molecule has 8 heteroatoms. The van der Waals surface area contributed by atoms with Crippen LogP contribution in [0, 0.1) is 6.92 Å². The van der Waals surface area contributed by atoms with Gasteiger partial charge in [0, 0.05) is 11.1 Å². The normalized spacial score (nSPS) is 10.2. The van der Waals surface area contributed by atoms with Crippen molar-refractivity contribution in [1.29, 1.82) is 0 Å². The molecule has 1 amide bonds. The second kappa shape index (κ2) is 7.92. The Bertz CT molecular complexity index is 882. The lowest BCUT2D eigenvalue weighted by Gasteiger charge is -2.06. The fourth-order valence-electron chi connectivity index (χ4n) is 2.27. The number of amides is 1. The van der Waals surface area contributed by atoms with Gasteiger partial charge in [-0.15, -0.1) is 11.3 Å². The number of hydrogen-bond acceptors (Lipinski definition) is 7.